The number of methoxy groups -OCH3 is 1. The summed E-state index contributed by atoms with van der Waals surface area (Å²) in [6.07, 6.45) is -1.38. The molecule has 6 fully saturated rings. The molecule has 6 aliphatic rings. The summed E-state index contributed by atoms with van der Waals surface area (Å²) >= 11 is 5.07. The van der Waals surface area contributed by atoms with Gasteiger partial charge in [-0.05, 0) is 48.6 Å². The number of carbonyl (C=O) groups is 3. The maximum atomic E-state index is 14.9. The summed E-state index contributed by atoms with van der Waals surface area (Å²) in [4.78, 5) is 43.7. The Morgan fingerprint density at radius 2 is 1.01 bits per heavy atom. The first-order chi connectivity index (χ1) is 34.2. The predicted molar refractivity (Wildman–Crippen MR) is 288 cm³/mol. The highest BCUT2D eigenvalue weighted by Gasteiger charge is 2.47. The van der Waals surface area contributed by atoms with E-state index in [1.807, 2.05) is 37.2 Å². The number of rotatable bonds is 17. The van der Waals surface area contributed by atoms with Gasteiger partial charge in [0.1, 0.15) is 31.4 Å². The molecule has 0 aromatic carbocycles. The molecule has 408 valence electrons. The van der Waals surface area contributed by atoms with E-state index in [2.05, 4.69) is 43.2 Å². The van der Waals surface area contributed by atoms with Crippen LogP contribution in [0.4, 0.5) is 0 Å². The smallest absolute Gasteiger partial charge is 0.346 e. The van der Waals surface area contributed by atoms with Gasteiger partial charge in [0.25, 0.3) is 0 Å². The summed E-state index contributed by atoms with van der Waals surface area (Å²) in [5.41, 5.74) is -0.473. The molecule has 0 aromatic rings. The highest BCUT2D eigenvalue weighted by molar-refractivity contribution is 8.14. The van der Waals surface area contributed by atoms with Gasteiger partial charge in [-0.15, -0.1) is 0 Å². The zero-order valence-electron chi connectivity index (χ0n) is 44.6. The third-order valence-electron chi connectivity index (χ3n) is 13.0. The summed E-state index contributed by atoms with van der Waals surface area (Å²) in [6, 6.07) is -2.18. The second kappa shape index (κ2) is 28.6. The summed E-state index contributed by atoms with van der Waals surface area (Å²) < 4.78 is 83.7. The van der Waals surface area contributed by atoms with E-state index in [0.717, 1.165) is 11.8 Å². The second-order valence-electron chi connectivity index (χ2n) is 21.3. The number of amides is 2. The quantitative estimate of drug-likeness (QED) is 0.120. The first-order valence-corrected chi connectivity index (χ1v) is 29.9. The molecule has 6 aliphatic heterocycles. The minimum absolute atomic E-state index is 0.0371. The molecule has 73 heavy (non-hydrogen) atoms. The van der Waals surface area contributed by atoms with E-state index >= 15 is 0 Å². The number of ether oxygens (including phenoxy) is 6. The van der Waals surface area contributed by atoms with Crippen molar-refractivity contribution in [3.05, 3.63) is 0 Å². The summed E-state index contributed by atoms with van der Waals surface area (Å²) in [5, 5.41) is -0.0989. The number of piperazine rings is 2. The molecule has 0 bridgehead atoms. The van der Waals surface area contributed by atoms with Crippen LogP contribution in [0.2, 0.25) is 0 Å². The number of thioether (sulfide) groups is 1. The van der Waals surface area contributed by atoms with Gasteiger partial charge in [0, 0.05) is 148 Å². The average molecular weight is 1100 g/mol. The van der Waals surface area contributed by atoms with Crippen LogP contribution in [0.5, 0.6) is 0 Å². The molecule has 6 saturated heterocycles. The Morgan fingerprint density at radius 3 is 1.44 bits per heavy atom. The Labute approximate surface area is 450 Å². The SMILES string of the molecule is [B]C1CN(C(C)(C)C)CC(COP(=O)(N2CCN(C(=O)CSC(C)=O)CC2)N2CC([B])OC(COC(C)(C)C)C2)O1.[B]C1CN(C)CC(COP(=O)(N2CCN(C(=O)CS)CC2)N2CC([B])OC(COC)C2)O1. The van der Waals surface area contributed by atoms with Crippen LogP contribution < -0.4 is 0 Å². The van der Waals surface area contributed by atoms with Crippen LogP contribution in [0, 0.1) is 0 Å². The summed E-state index contributed by atoms with van der Waals surface area (Å²) in [5.74, 6) is 0.101. The molecular weight excluding hydrogens is 1020 g/mol. The number of nitrogens with zero attached hydrogens (tertiary/aromatic N) is 8. The molecule has 6 rings (SSSR count). The Morgan fingerprint density at radius 1 is 0.589 bits per heavy atom. The largest absolute Gasteiger partial charge is 0.382 e. The molecule has 0 aliphatic carbocycles. The lowest BCUT2D eigenvalue weighted by atomic mass is 9.94. The molecule has 0 N–H and O–H groups in total. The maximum absolute atomic E-state index is 14.9. The van der Waals surface area contributed by atoms with Crippen LogP contribution in [0.25, 0.3) is 0 Å². The van der Waals surface area contributed by atoms with Crippen molar-refractivity contribution >= 4 is 88.0 Å². The third-order valence-corrected chi connectivity index (χ3v) is 19.3. The van der Waals surface area contributed by atoms with Gasteiger partial charge in [0.15, 0.2) is 5.12 Å². The number of morpholine rings is 4. The maximum Gasteiger partial charge on any atom is 0.346 e. The molecule has 0 saturated carbocycles. The van der Waals surface area contributed by atoms with Gasteiger partial charge < -0.3 is 52.2 Å². The van der Waals surface area contributed by atoms with Crippen LogP contribution >= 0.6 is 39.7 Å². The number of hydrogen-bond donors (Lipinski definition) is 1. The molecule has 6 heterocycles. The van der Waals surface area contributed by atoms with Gasteiger partial charge in [-0.1, -0.05) is 11.8 Å². The Bertz CT molecular complexity index is 1870. The van der Waals surface area contributed by atoms with Gasteiger partial charge in [-0.3, -0.25) is 28.4 Å². The van der Waals surface area contributed by atoms with Gasteiger partial charge in [-0.25, -0.2) is 18.7 Å². The first-order valence-electron chi connectivity index (χ1n) is 25.2. The van der Waals surface area contributed by atoms with Crippen LogP contribution in [-0.4, -0.2) is 303 Å². The van der Waals surface area contributed by atoms with E-state index in [1.54, 1.807) is 26.3 Å². The molecule has 8 radical (unpaired) electrons. The van der Waals surface area contributed by atoms with E-state index < -0.39 is 45.5 Å². The fraction of sp³-hybridized carbons (Fsp3) is 0.932. The van der Waals surface area contributed by atoms with Gasteiger partial charge in [0.05, 0.1) is 68.0 Å². The molecule has 0 aromatic heterocycles. The molecular formula is C44H80B4N8O13P2S2. The topological polar surface area (TPSA) is 185 Å². The molecule has 10 unspecified atom stereocenters. The van der Waals surface area contributed by atoms with Crippen LogP contribution in [-0.2, 0) is 61.0 Å². The van der Waals surface area contributed by atoms with Crippen molar-refractivity contribution in [2.75, 3.05) is 157 Å². The molecule has 2 amide bonds. The van der Waals surface area contributed by atoms with Crippen LogP contribution in [0.15, 0.2) is 0 Å². The third kappa shape index (κ3) is 19.4. The first kappa shape index (κ1) is 63.3. The summed E-state index contributed by atoms with van der Waals surface area (Å²) in [6.45, 7) is 21.4. The van der Waals surface area contributed by atoms with Crippen LogP contribution in [0.1, 0.15) is 48.5 Å². The zero-order valence-corrected chi connectivity index (χ0v) is 48.1. The number of likely N-dealkylation sites (N-methyl/N-ethyl adjacent to an activating group) is 1. The fourth-order valence-corrected chi connectivity index (χ4v) is 15.0. The molecule has 29 heteroatoms. The van der Waals surface area contributed by atoms with E-state index in [0.29, 0.717) is 105 Å². The van der Waals surface area contributed by atoms with Crippen molar-refractivity contribution in [3.63, 3.8) is 0 Å². The number of hydrogen-bond acceptors (Lipinski definition) is 17. The predicted octanol–water partition coefficient (Wildman–Crippen LogP) is 0.392. The Kier molecular flexibility index (Phi) is 24.8. The van der Waals surface area contributed by atoms with Crippen molar-refractivity contribution in [3.8, 4) is 0 Å². The lowest BCUT2D eigenvalue weighted by Gasteiger charge is -2.47. The van der Waals surface area contributed by atoms with Gasteiger partial charge >= 0.3 is 15.3 Å². The molecule has 0 spiro atoms. The van der Waals surface area contributed by atoms with E-state index in [4.69, 9.17) is 68.9 Å². The van der Waals surface area contributed by atoms with E-state index in [9.17, 15) is 23.5 Å². The lowest BCUT2D eigenvalue weighted by molar-refractivity contribution is -0.130. The van der Waals surface area contributed by atoms with Crippen molar-refractivity contribution in [2.45, 2.75) is 108 Å². The van der Waals surface area contributed by atoms with E-state index in [1.165, 1.54) is 6.92 Å². The van der Waals surface area contributed by atoms with Crippen LogP contribution in [0.3, 0.4) is 0 Å². The normalized spacial score (nSPS) is 31.0. The minimum atomic E-state index is -3.63. The number of carbonyl (C=O) groups excluding carboxylic acids is 3. The van der Waals surface area contributed by atoms with Crippen molar-refractivity contribution in [2.24, 2.45) is 0 Å². The number of thiol groups is 1. The second-order valence-corrected chi connectivity index (χ2v) is 27.5. The van der Waals surface area contributed by atoms with Gasteiger partial charge in [0.2, 0.25) is 11.8 Å². The fourth-order valence-electron chi connectivity index (χ4n) is 9.29. The molecule has 21 nitrogen and oxygen atoms in total. The monoisotopic (exact) mass is 1100 g/mol. The zero-order chi connectivity index (χ0) is 53.9. The van der Waals surface area contributed by atoms with Crippen molar-refractivity contribution in [1.29, 1.82) is 0 Å². The van der Waals surface area contributed by atoms with Gasteiger partial charge in [-0.2, -0.15) is 12.6 Å². The highest BCUT2D eigenvalue weighted by Crippen LogP contribution is 2.57. The Hall–Kier alpha value is -0.530. The average Bonchev–Trinajstić information content (AvgIpc) is 3.32. The standard InChI is InChI=1S/C26H47B2N4O7PS.C18H33B2N4O6PS/c1-19(33)41-18-24(34)29-8-10-31(11-9-29)40(35,32-13-21(39-23(28)15-32)16-36-26(5,6)7)37-17-20-12-30(25(2,3)4)14-22(27)38-20;1-21-7-14(29-16(19)9-21)12-28-31(26,23-5-3-22(4-6-23)18(25)13-32)24-8-15(11-27-2)30-17(20)10-24/h20-23H,8-18H2,1-7H3;14-17,32H,3-13H2,1-2H3. The Balaban J connectivity index is 0.000000279. The van der Waals surface area contributed by atoms with E-state index in [-0.39, 0.29) is 84.2 Å². The van der Waals surface area contributed by atoms with Crippen molar-refractivity contribution < 1.29 is 61.0 Å². The van der Waals surface area contributed by atoms with Crippen molar-refractivity contribution in [1.82, 2.24) is 38.3 Å². The highest BCUT2D eigenvalue weighted by atomic mass is 32.2. The summed E-state index contributed by atoms with van der Waals surface area (Å²) in [7, 11) is 21.0. The molecule has 10 atom stereocenters. The lowest BCUT2D eigenvalue weighted by Crippen LogP contribution is -2.56. The minimum Gasteiger partial charge on any atom is -0.382 e.